The van der Waals surface area contributed by atoms with Crippen molar-refractivity contribution in [3.63, 3.8) is 0 Å². The van der Waals surface area contributed by atoms with Crippen LogP contribution in [0, 0.1) is 5.92 Å². The lowest BCUT2D eigenvalue weighted by molar-refractivity contribution is 0.487. The summed E-state index contributed by atoms with van der Waals surface area (Å²) in [5.41, 5.74) is 0. The largest absolute Gasteiger partial charge is 0.365 e. The van der Waals surface area contributed by atoms with Crippen LogP contribution in [0.3, 0.4) is 0 Å². The molecule has 0 aliphatic rings. The third kappa shape index (κ3) is 2.85. The van der Waals surface area contributed by atoms with Crippen LogP contribution >= 0.6 is 11.3 Å². The molecular weight excluding hydrogens is 218 g/mol. The van der Waals surface area contributed by atoms with E-state index in [1.54, 1.807) is 11.3 Å². The van der Waals surface area contributed by atoms with E-state index in [9.17, 15) is 0 Å². The van der Waals surface area contributed by atoms with Crippen molar-refractivity contribution in [3.05, 3.63) is 34.7 Å². The molecule has 0 aliphatic heterocycles. The Balaban J connectivity index is 1.96. The number of nitrogens with one attached hydrogen (secondary N) is 1. The van der Waals surface area contributed by atoms with Gasteiger partial charge in [-0.15, -0.1) is 11.3 Å². The highest BCUT2D eigenvalue weighted by atomic mass is 32.1. The topological polar surface area (TPSA) is 29.9 Å². The molecular formula is C12H17N3S. The molecule has 0 radical (unpaired) electrons. The van der Waals surface area contributed by atoms with Crippen molar-refractivity contribution in [3.8, 4) is 0 Å². The second kappa shape index (κ2) is 5.16. The van der Waals surface area contributed by atoms with Gasteiger partial charge in [0, 0.05) is 17.5 Å². The zero-order valence-corrected chi connectivity index (χ0v) is 10.5. The van der Waals surface area contributed by atoms with Crippen LogP contribution in [0.25, 0.3) is 0 Å². The molecule has 0 fully saturated rings. The van der Waals surface area contributed by atoms with Crippen LogP contribution in [0.4, 0.5) is 5.82 Å². The van der Waals surface area contributed by atoms with Crippen LogP contribution < -0.4 is 5.32 Å². The first-order valence-corrected chi connectivity index (χ1v) is 6.41. The Morgan fingerprint density at radius 3 is 3.00 bits per heavy atom. The van der Waals surface area contributed by atoms with E-state index in [4.69, 9.17) is 0 Å². The van der Waals surface area contributed by atoms with Crippen molar-refractivity contribution in [1.82, 2.24) is 9.78 Å². The van der Waals surface area contributed by atoms with E-state index >= 15 is 0 Å². The maximum Gasteiger partial charge on any atom is 0.124 e. The Bertz CT molecular complexity index is 417. The first kappa shape index (κ1) is 11.2. The maximum atomic E-state index is 4.31. The average molecular weight is 235 g/mol. The molecule has 16 heavy (non-hydrogen) atoms. The molecule has 2 heterocycles. The highest BCUT2D eigenvalue weighted by Crippen LogP contribution is 2.13. The number of hydrogen-bond acceptors (Lipinski definition) is 3. The van der Waals surface area contributed by atoms with Gasteiger partial charge in [0.25, 0.3) is 0 Å². The lowest BCUT2D eigenvalue weighted by atomic mass is 10.2. The molecule has 0 aromatic carbocycles. The number of anilines is 1. The number of hydrogen-bond donors (Lipinski definition) is 1. The average Bonchev–Trinajstić information content (AvgIpc) is 2.84. The van der Waals surface area contributed by atoms with Crippen LogP contribution in [0.1, 0.15) is 18.7 Å². The van der Waals surface area contributed by atoms with Crippen molar-refractivity contribution < 1.29 is 0 Å². The zero-order valence-electron chi connectivity index (χ0n) is 9.68. The van der Waals surface area contributed by atoms with Crippen LogP contribution in [0.15, 0.2) is 29.8 Å². The van der Waals surface area contributed by atoms with Crippen LogP contribution in [0.5, 0.6) is 0 Å². The van der Waals surface area contributed by atoms with Gasteiger partial charge in [-0.1, -0.05) is 19.9 Å². The van der Waals surface area contributed by atoms with Gasteiger partial charge in [-0.25, -0.2) is 4.68 Å². The molecule has 0 atom stereocenters. The van der Waals surface area contributed by atoms with Crippen molar-refractivity contribution in [2.75, 3.05) is 5.32 Å². The van der Waals surface area contributed by atoms with Crippen molar-refractivity contribution in [1.29, 1.82) is 0 Å². The van der Waals surface area contributed by atoms with E-state index in [0.29, 0.717) is 5.92 Å². The number of thiophene rings is 1. The van der Waals surface area contributed by atoms with Gasteiger partial charge < -0.3 is 5.32 Å². The van der Waals surface area contributed by atoms with E-state index in [1.807, 2.05) is 16.9 Å². The van der Waals surface area contributed by atoms with Crippen LogP contribution in [-0.4, -0.2) is 9.78 Å². The standard InChI is InChI=1S/C12H17N3S/c1-10(2)9-15-12(5-6-14-15)13-8-11-4-3-7-16-11/h3-7,10,13H,8-9H2,1-2H3. The minimum absolute atomic E-state index is 0.613. The van der Waals surface area contributed by atoms with E-state index in [0.717, 1.165) is 18.9 Å². The molecule has 4 heteroatoms. The summed E-state index contributed by atoms with van der Waals surface area (Å²) in [7, 11) is 0. The summed E-state index contributed by atoms with van der Waals surface area (Å²) in [6.45, 7) is 6.23. The summed E-state index contributed by atoms with van der Waals surface area (Å²) in [6.07, 6.45) is 1.85. The predicted molar refractivity (Wildman–Crippen MR) is 68.7 cm³/mol. The summed E-state index contributed by atoms with van der Waals surface area (Å²) in [4.78, 5) is 1.34. The molecule has 86 valence electrons. The van der Waals surface area contributed by atoms with E-state index in [-0.39, 0.29) is 0 Å². The Morgan fingerprint density at radius 1 is 1.44 bits per heavy atom. The SMILES string of the molecule is CC(C)Cn1nccc1NCc1cccs1. The van der Waals surface area contributed by atoms with Gasteiger partial charge in [0.05, 0.1) is 12.7 Å². The Hall–Kier alpha value is -1.29. The molecule has 0 amide bonds. The minimum Gasteiger partial charge on any atom is -0.365 e. The third-order valence-corrected chi connectivity index (χ3v) is 3.15. The molecule has 2 rings (SSSR count). The highest BCUT2D eigenvalue weighted by Gasteiger charge is 2.04. The number of nitrogens with zero attached hydrogens (tertiary/aromatic N) is 2. The van der Waals surface area contributed by atoms with E-state index in [1.165, 1.54) is 4.88 Å². The minimum atomic E-state index is 0.613. The fraction of sp³-hybridized carbons (Fsp3) is 0.417. The van der Waals surface area contributed by atoms with E-state index < -0.39 is 0 Å². The van der Waals surface area contributed by atoms with Gasteiger partial charge in [0.1, 0.15) is 5.82 Å². The smallest absolute Gasteiger partial charge is 0.124 e. The molecule has 2 aromatic heterocycles. The van der Waals surface area contributed by atoms with Gasteiger partial charge in [-0.2, -0.15) is 5.10 Å². The van der Waals surface area contributed by atoms with Crippen LogP contribution in [-0.2, 0) is 13.1 Å². The Labute approximate surface area is 100 Å². The van der Waals surface area contributed by atoms with E-state index in [2.05, 4.69) is 41.8 Å². The van der Waals surface area contributed by atoms with Crippen molar-refractivity contribution in [2.24, 2.45) is 5.92 Å². The Kier molecular flexibility index (Phi) is 3.62. The fourth-order valence-electron chi connectivity index (χ4n) is 1.57. The van der Waals surface area contributed by atoms with Gasteiger partial charge in [0.15, 0.2) is 0 Å². The quantitative estimate of drug-likeness (QED) is 0.862. The number of aromatic nitrogens is 2. The molecule has 0 aliphatic carbocycles. The summed E-state index contributed by atoms with van der Waals surface area (Å²) in [5.74, 6) is 1.71. The Morgan fingerprint density at radius 2 is 2.31 bits per heavy atom. The molecule has 1 N–H and O–H groups in total. The van der Waals surface area contributed by atoms with Crippen molar-refractivity contribution >= 4 is 17.2 Å². The summed E-state index contributed by atoms with van der Waals surface area (Å²) >= 11 is 1.77. The normalized spacial score (nSPS) is 10.9. The van der Waals surface area contributed by atoms with Crippen molar-refractivity contribution in [2.45, 2.75) is 26.9 Å². The first-order chi connectivity index (χ1) is 7.75. The summed E-state index contributed by atoms with van der Waals surface area (Å²) in [6, 6.07) is 6.24. The predicted octanol–water partition coefficient (Wildman–Crippen LogP) is 3.21. The first-order valence-electron chi connectivity index (χ1n) is 5.54. The van der Waals surface area contributed by atoms with Gasteiger partial charge in [-0.3, -0.25) is 0 Å². The second-order valence-electron chi connectivity index (χ2n) is 4.23. The van der Waals surface area contributed by atoms with Gasteiger partial charge in [0.2, 0.25) is 0 Å². The van der Waals surface area contributed by atoms with Gasteiger partial charge in [-0.05, 0) is 17.4 Å². The number of rotatable bonds is 5. The monoisotopic (exact) mass is 235 g/mol. The third-order valence-electron chi connectivity index (χ3n) is 2.28. The zero-order chi connectivity index (χ0) is 11.4. The maximum absolute atomic E-state index is 4.31. The highest BCUT2D eigenvalue weighted by molar-refractivity contribution is 7.09. The second-order valence-corrected chi connectivity index (χ2v) is 5.26. The lowest BCUT2D eigenvalue weighted by Gasteiger charge is -2.10. The summed E-state index contributed by atoms with van der Waals surface area (Å²) < 4.78 is 2.03. The van der Waals surface area contributed by atoms with Gasteiger partial charge >= 0.3 is 0 Å². The molecule has 0 saturated carbocycles. The molecule has 0 spiro atoms. The molecule has 0 saturated heterocycles. The van der Waals surface area contributed by atoms with Crippen LogP contribution in [0.2, 0.25) is 0 Å². The lowest BCUT2D eigenvalue weighted by Crippen LogP contribution is -2.10. The molecule has 3 nitrogen and oxygen atoms in total. The molecule has 0 bridgehead atoms. The molecule has 0 unspecified atom stereocenters. The fourth-order valence-corrected chi connectivity index (χ4v) is 2.21. The summed E-state index contributed by atoms with van der Waals surface area (Å²) in [5, 5.41) is 9.83. The molecule has 2 aromatic rings.